The van der Waals surface area contributed by atoms with Gasteiger partial charge in [-0.15, -0.1) is 0 Å². The number of nitrogens with one attached hydrogen (secondary N) is 1. The first-order valence-corrected chi connectivity index (χ1v) is 8.34. The van der Waals surface area contributed by atoms with Crippen LogP contribution in [0.15, 0.2) is 36.4 Å². The molecule has 0 saturated carbocycles. The Balaban J connectivity index is 1.87. The van der Waals surface area contributed by atoms with Crippen molar-refractivity contribution in [2.75, 3.05) is 33.8 Å². The number of carbonyl (C=O) groups is 1. The fraction of sp³-hybridized carbons (Fsp3) is 0.350. The van der Waals surface area contributed by atoms with Crippen molar-refractivity contribution in [1.82, 2.24) is 0 Å². The fourth-order valence-corrected chi connectivity index (χ4v) is 2.63. The molecule has 0 radical (unpaired) electrons. The van der Waals surface area contributed by atoms with E-state index >= 15 is 0 Å². The van der Waals surface area contributed by atoms with Crippen LogP contribution in [0, 0.1) is 0 Å². The van der Waals surface area contributed by atoms with E-state index in [-0.39, 0.29) is 5.91 Å². The van der Waals surface area contributed by atoms with Crippen molar-refractivity contribution in [1.29, 1.82) is 0 Å². The Morgan fingerprint density at radius 2 is 1.38 bits per heavy atom. The van der Waals surface area contributed by atoms with E-state index in [0.29, 0.717) is 35.1 Å². The van der Waals surface area contributed by atoms with Crippen LogP contribution in [0.1, 0.15) is 18.4 Å². The van der Waals surface area contributed by atoms with Gasteiger partial charge in [0.2, 0.25) is 5.91 Å². The van der Waals surface area contributed by atoms with E-state index in [9.17, 15) is 4.79 Å². The van der Waals surface area contributed by atoms with Gasteiger partial charge in [-0.2, -0.15) is 0 Å². The highest BCUT2D eigenvalue weighted by Crippen LogP contribution is 2.30. The lowest BCUT2D eigenvalue weighted by atomic mass is 10.1. The summed E-state index contributed by atoms with van der Waals surface area (Å²) in [5.74, 6) is 2.55. The van der Waals surface area contributed by atoms with Gasteiger partial charge >= 0.3 is 0 Å². The largest absolute Gasteiger partial charge is 0.493 e. The first kappa shape index (κ1) is 19.4. The highest BCUT2D eigenvalue weighted by molar-refractivity contribution is 5.91. The van der Waals surface area contributed by atoms with Gasteiger partial charge in [-0.05, 0) is 42.7 Å². The molecule has 0 aliphatic heterocycles. The zero-order valence-corrected chi connectivity index (χ0v) is 15.6. The Labute approximate surface area is 154 Å². The van der Waals surface area contributed by atoms with Gasteiger partial charge in [-0.1, -0.05) is 6.07 Å². The maximum Gasteiger partial charge on any atom is 0.224 e. The Bertz CT molecular complexity index is 745. The Hall–Kier alpha value is -2.89. The summed E-state index contributed by atoms with van der Waals surface area (Å²) in [5, 5.41) is 2.88. The van der Waals surface area contributed by atoms with E-state index < -0.39 is 0 Å². The zero-order chi connectivity index (χ0) is 18.9. The maximum absolute atomic E-state index is 12.2. The number of ether oxygens (including phenoxy) is 4. The maximum atomic E-state index is 12.2. The number of anilines is 1. The molecule has 0 aliphatic rings. The quantitative estimate of drug-likeness (QED) is 0.740. The molecule has 0 saturated heterocycles. The van der Waals surface area contributed by atoms with Crippen LogP contribution in [0.5, 0.6) is 23.0 Å². The molecule has 0 bridgehead atoms. The average molecular weight is 359 g/mol. The van der Waals surface area contributed by atoms with E-state index in [4.69, 9.17) is 18.9 Å². The predicted molar refractivity (Wildman–Crippen MR) is 101 cm³/mol. The predicted octanol–water partition coefficient (Wildman–Crippen LogP) is 3.68. The third-order valence-electron chi connectivity index (χ3n) is 3.98. The first-order valence-electron chi connectivity index (χ1n) is 8.34. The van der Waals surface area contributed by atoms with Crippen LogP contribution in [0.25, 0.3) is 0 Å². The summed E-state index contributed by atoms with van der Waals surface area (Å²) >= 11 is 0. The highest BCUT2D eigenvalue weighted by atomic mass is 16.5. The molecule has 6 heteroatoms. The summed E-state index contributed by atoms with van der Waals surface area (Å²) in [6, 6.07) is 11.1. The number of benzene rings is 2. The van der Waals surface area contributed by atoms with Crippen LogP contribution in [0.4, 0.5) is 5.69 Å². The van der Waals surface area contributed by atoms with E-state index in [1.165, 1.54) is 0 Å². The van der Waals surface area contributed by atoms with Crippen molar-refractivity contribution in [3.8, 4) is 23.0 Å². The monoisotopic (exact) mass is 359 g/mol. The van der Waals surface area contributed by atoms with Gasteiger partial charge in [0.15, 0.2) is 23.0 Å². The van der Waals surface area contributed by atoms with Crippen molar-refractivity contribution in [2.45, 2.75) is 19.3 Å². The minimum absolute atomic E-state index is 0.0438. The van der Waals surface area contributed by atoms with Gasteiger partial charge in [0.25, 0.3) is 0 Å². The third kappa shape index (κ3) is 5.05. The number of hydrogen-bond acceptors (Lipinski definition) is 5. The van der Waals surface area contributed by atoms with E-state index in [2.05, 4.69) is 5.32 Å². The second kappa shape index (κ2) is 9.56. The van der Waals surface area contributed by atoms with Crippen LogP contribution >= 0.6 is 0 Å². The van der Waals surface area contributed by atoms with Crippen molar-refractivity contribution in [3.63, 3.8) is 0 Å². The van der Waals surface area contributed by atoms with Crippen LogP contribution in [-0.4, -0.2) is 34.3 Å². The molecular weight excluding hydrogens is 334 g/mol. The standard InChI is InChI=1S/C20H25NO5/c1-23-16-10-8-14(12-18(16)25-3)6-5-7-20(22)21-15-9-11-17(24-2)19(13-15)26-4/h8-13H,5-7H2,1-4H3,(H,21,22). The second-order valence-corrected chi connectivity index (χ2v) is 5.66. The third-order valence-corrected chi connectivity index (χ3v) is 3.98. The molecule has 0 atom stereocenters. The molecule has 0 fully saturated rings. The molecule has 2 aromatic rings. The van der Waals surface area contributed by atoms with E-state index in [1.807, 2.05) is 18.2 Å². The summed E-state index contributed by atoms with van der Waals surface area (Å²) in [5.41, 5.74) is 1.78. The van der Waals surface area contributed by atoms with Crippen molar-refractivity contribution in [3.05, 3.63) is 42.0 Å². The second-order valence-electron chi connectivity index (χ2n) is 5.66. The summed E-state index contributed by atoms with van der Waals surface area (Å²) in [4.78, 5) is 12.2. The molecule has 0 heterocycles. The molecule has 140 valence electrons. The normalized spacial score (nSPS) is 10.2. The highest BCUT2D eigenvalue weighted by Gasteiger charge is 2.09. The fourth-order valence-electron chi connectivity index (χ4n) is 2.63. The molecular formula is C20H25NO5. The molecule has 1 N–H and O–H groups in total. The molecule has 2 rings (SSSR count). The van der Waals surface area contributed by atoms with E-state index in [0.717, 1.165) is 18.4 Å². The molecule has 0 unspecified atom stereocenters. The molecule has 6 nitrogen and oxygen atoms in total. The molecule has 1 amide bonds. The molecule has 0 aromatic heterocycles. The SMILES string of the molecule is COc1ccc(CCCC(=O)Nc2ccc(OC)c(OC)c2)cc1OC. The van der Waals surface area contributed by atoms with Gasteiger partial charge in [0, 0.05) is 18.2 Å². The van der Waals surface area contributed by atoms with Crippen molar-refractivity contribution in [2.24, 2.45) is 0 Å². The Morgan fingerprint density at radius 3 is 2.00 bits per heavy atom. The topological polar surface area (TPSA) is 66.0 Å². The Morgan fingerprint density at radius 1 is 0.808 bits per heavy atom. The smallest absolute Gasteiger partial charge is 0.224 e. The van der Waals surface area contributed by atoms with Crippen LogP contribution in [0.2, 0.25) is 0 Å². The van der Waals surface area contributed by atoms with Gasteiger partial charge < -0.3 is 24.3 Å². The Kier molecular flexibility index (Phi) is 7.14. The summed E-state index contributed by atoms with van der Waals surface area (Å²) < 4.78 is 21.0. The summed E-state index contributed by atoms with van der Waals surface area (Å²) in [7, 11) is 6.35. The number of methoxy groups -OCH3 is 4. The lowest BCUT2D eigenvalue weighted by Gasteiger charge is -2.11. The first-order chi connectivity index (χ1) is 12.6. The van der Waals surface area contributed by atoms with Crippen LogP contribution in [0.3, 0.4) is 0 Å². The number of hydrogen-bond donors (Lipinski definition) is 1. The number of aryl methyl sites for hydroxylation is 1. The average Bonchev–Trinajstić information content (AvgIpc) is 2.67. The zero-order valence-electron chi connectivity index (χ0n) is 15.6. The molecule has 26 heavy (non-hydrogen) atoms. The number of amides is 1. The molecule has 2 aromatic carbocycles. The van der Waals surface area contributed by atoms with Gasteiger partial charge in [-0.3, -0.25) is 4.79 Å². The van der Waals surface area contributed by atoms with Gasteiger partial charge in [0.1, 0.15) is 0 Å². The van der Waals surface area contributed by atoms with E-state index in [1.54, 1.807) is 46.6 Å². The minimum Gasteiger partial charge on any atom is -0.493 e. The molecule has 0 spiro atoms. The molecule has 0 aliphatic carbocycles. The van der Waals surface area contributed by atoms with Crippen LogP contribution in [-0.2, 0) is 11.2 Å². The van der Waals surface area contributed by atoms with Crippen LogP contribution < -0.4 is 24.3 Å². The van der Waals surface area contributed by atoms with Crippen molar-refractivity contribution < 1.29 is 23.7 Å². The number of carbonyl (C=O) groups excluding carboxylic acids is 1. The summed E-state index contributed by atoms with van der Waals surface area (Å²) in [6.07, 6.45) is 1.93. The van der Waals surface area contributed by atoms with Crippen molar-refractivity contribution >= 4 is 11.6 Å². The van der Waals surface area contributed by atoms with Gasteiger partial charge in [-0.25, -0.2) is 0 Å². The minimum atomic E-state index is -0.0438. The number of rotatable bonds is 9. The summed E-state index contributed by atoms with van der Waals surface area (Å²) in [6.45, 7) is 0. The lowest BCUT2D eigenvalue weighted by molar-refractivity contribution is -0.116. The lowest BCUT2D eigenvalue weighted by Crippen LogP contribution is -2.11. The van der Waals surface area contributed by atoms with Gasteiger partial charge in [0.05, 0.1) is 28.4 Å².